The predicted octanol–water partition coefficient (Wildman–Crippen LogP) is 3.99. The Labute approximate surface area is 160 Å². The minimum atomic E-state index is -0.527. The first-order valence-corrected chi connectivity index (χ1v) is 8.67. The number of H-pyrrole nitrogens is 1. The molecule has 0 saturated heterocycles. The van der Waals surface area contributed by atoms with Crippen LogP contribution in [-0.2, 0) is 0 Å². The van der Waals surface area contributed by atoms with Crippen LogP contribution in [-0.4, -0.2) is 20.8 Å². The van der Waals surface area contributed by atoms with E-state index in [-0.39, 0.29) is 11.3 Å². The lowest BCUT2D eigenvalue weighted by Crippen LogP contribution is -2.30. The maximum Gasteiger partial charge on any atom is 0.270 e. The Balaban J connectivity index is 1.71. The number of rotatable bonds is 5. The van der Waals surface area contributed by atoms with E-state index in [1.165, 1.54) is 18.2 Å². The lowest BCUT2D eigenvalue weighted by atomic mass is 10.1. The molecule has 1 atom stereocenters. The third-order valence-corrected chi connectivity index (χ3v) is 4.41. The maximum absolute atomic E-state index is 12.8. The molecule has 0 aliphatic carbocycles. The molecule has 1 heterocycles. The second-order valence-electron chi connectivity index (χ2n) is 6.26. The highest BCUT2D eigenvalue weighted by atomic mass is 16.6. The number of aromatic nitrogens is 2. The van der Waals surface area contributed by atoms with Crippen LogP contribution in [0.15, 0.2) is 78.9 Å². The average molecular weight is 372 g/mol. The Bertz CT molecular complexity index is 1120. The van der Waals surface area contributed by atoms with Gasteiger partial charge in [-0.3, -0.25) is 14.9 Å². The van der Waals surface area contributed by atoms with Crippen LogP contribution in [0.3, 0.4) is 0 Å². The number of hydrogen-bond donors (Lipinski definition) is 2. The Morgan fingerprint density at radius 1 is 1.00 bits per heavy atom. The molecule has 0 radical (unpaired) electrons. The summed E-state index contributed by atoms with van der Waals surface area (Å²) in [6.45, 7) is 0. The van der Waals surface area contributed by atoms with Gasteiger partial charge >= 0.3 is 0 Å². The van der Waals surface area contributed by atoms with E-state index in [0.717, 1.165) is 16.6 Å². The minimum absolute atomic E-state index is 0.132. The molecule has 1 unspecified atom stereocenters. The number of carbonyl (C=O) groups excluding carboxylic acids is 1. The molecular weight excluding hydrogens is 356 g/mol. The van der Waals surface area contributed by atoms with Crippen LogP contribution in [0.25, 0.3) is 11.0 Å². The van der Waals surface area contributed by atoms with Gasteiger partial charge in [-0.1, -0.05) is 48.5 Å². The topological polar surface area (TPSA) is 101 Å². The normalized spacial score (nSPS) is 11.9. The highest BCUT2D eigenvalue weighted by Crippen LogP contribution is 2.23. The second kappa shape index (κ2) is 7.32. The van der Waals surface area contributed by atoms with E-state index < -0.39 is 16.9 Å². The van der Waals surface area contributed by atoms with E-state index in [4.69, 9.17) is 0 Å². The molecule has 138 valence electrons. The van der Waals surface area contributed by atoms with Crippen molar-refractivity contribution in [2.24, 2.45) is 0 Å². The number of amides is 1. The lowest BCUT2D eigenvalue weighted by Gasteiger charge is -2.17. The van der Waals surface area contributed by atoms with E-state index in [1.807, 2.05) is 54.6 Å². The average Bonchev–Trinajstić information content (AvgIpc) is 3.16. The third kappa shape index (κ3) is 3.45. The molecule has 2 N–H and O–H groups in total. The third-order valence-electron chi connectivity index (χ3n) is 4.41. The van der Waals surface area contributed by atoms with Crippen molar-refractivity contribution in [3.63, 3.8) is 0 Å². The molecule has 4 rings (SSSR count). The Morgan fingerprint density at radius 2 is 1.75 bits per heavy atom. The number of non-ortho nitro benzene ring substituents is 1. The second-order valence-corrected chi connectivity index (χ2v) is 6.26. The van der Waals surface area contributed by atoms with Gasteiger partial charge in [0.05, 0.1) is 16.0 Å². The van der Waals surface area contributed by atoms with Crippen LogP contribution in [0, 0.1) is 10.1 Å². The van der Waals surface area contributed by atoms with Gasteiger partial charge in [-0.2, -0.15) is 0 Å². The largest absolute Gasteiger partial charge is 0.340 e. The number of nitro groups is 1. The SMILES string of the molecule is O=C(NC(c1ccccc1)c1nc2ccccc2[nH]1)c1cccc([N+](=O)[O-])c1. The summed E-state index contributed by atoms with van der Waals surface area (Å²) in [7, 11) is 0. The number of para-hydroxylation sites is 2. The molecule has 3 aromatic carbocycles. The highest BCUT2D eigenvalue weighted by molar-refractivity contribution is 5.95. The van der Waals surface area contributed by atoms with Crippen molar-refractivity contribution < 1.29 is 9.72 Å². The first-order chi connectivity index (χ1) is 13.6. The van der Waals surface area contributed by atoms with E-state index in [0.29, 0.717) is 5.82 Å². The first-order valence-electron chi connectivity index (χ1n) is 8.67. The van der Waals surface area contributed by atoms with Crippen molar-refractivity contribution in [3.05, 3.63) is 106 Å². The van der Waals surface area contributed by atoms with Gasteiger partial charge in [-0.15, -0.1) is 0 Å². The number of imidazole rings is 1. The maximum atomic E-state index is 12.8. The Kier molecular flexibility index (Phi) is 4.55. The van der Waals surface area contributed by atoms with Gasteiger partial charge in [0.1, 0.15) is 11.9 Å². The van der Waals surface area contributed by atoms with E-state index in [1.54, 1.807) is 6.07 Å². The van der Waals surface area contributed by atoms with Gasteiger partial charge in [-0.05, 0) is 23.8 Å². The van der Waals surface area contributed by atoms with Crippen LogP contribution in [0.1, 0.15) is 27.8 Å². The minimum Gasteiger partial charge on any atom is -0.340 e. The van der Waals surface area contributed by atoms with Gasteiger partial charge in [0.25, 0.3) is 11.6 Å². The summed E-state index contributed by atoms with van der Waals surface area (Å²) >= 11 is 0. The fraction of sp³-hybridized carbons (Fsp3) is 0.0476. The van der Waals surface area contributed by atoms with E-state index in [2.05, 4.69) is 15.3 Å². The molecule has 0 aliphatic rings. The van der Waals surface area contributed by atoms with Crippen LogP contribution in [0.2, 0.25) is 0 Å². The summed E-state index contributed by atoms with van der Waals surface area (Å²) in [4.78, 5) is 31.1. The van der Waals surface area contributed by atoms with Crippen molar-refractivity contribution in [2.45, 2.75) is 6.04 Å². The van der Waals surface area contributed by atoms with E-state index >= 15 is 0 Å². The number of nitrogens with zero attached hydrogens (tertiary/aromatic N) is 2. The number of benzene rings is 3. The number of carbonyl (C=O) groups is 1. The number of aromatic amines is 1. The fourth-order valence-electron chi connectivity index (χ4n) is 3.04. The highest BCUT2D eigenvalue weighted by Gasteiger charge is 2.22. The van der Waals surface area contributed by atoms with Crippen LogP contribution >= 0.6 is 0 Å². The molecule has 0 bridgehead atoms. The van der Waals surface area contributed by atoms with Crippen LogP contribution < -0.4 is 5.32 Å². The van der Waals surface area contributed by atoms with Crippen molar-refractivity contribution in [2.75, 3.05) is 0 Å². The molecule has 0 aliphatic heterocycles. The first kappa shape index (κ1) is 17.4. The predicted molar refractivity (Wildman–Crippen MR) is 105 cm³/mol. The lowest BCUT2D eigenvalue weighted by molar-refractivity contribution is -0.384. The number of nitro benzene ring substituents is 1. The van der Waals surface area contributed by atoms with Crippen molar-refractivity contribution in [3.8, 4) is 0 Å². The molecule has 4 aromatic rings. The number of fused-ring (bicyclic) bond motifs is 1. The van der Waals surface area contributed by atoms with Crippen molar-refractivity contribution in [1.82, 2.24) is 15.3 Å². The van der Waals surface area contributed by atoms with Crippen LogP contribution in [0.5, 0.6) is 0 Å². The van der Waals surface area contributed by atoms with Gasteiger partial charge in [-0.25, -0.2) is 4.98 Å². The molecule has 0 saturated carbocycles. The van der Waals surface area contributed by atoms with E-state index in [9.17, 15) is 14.9 Å². The molecule has 1 amide bonds. The molecule has 0 fully saturated rings. The molecule has 1 aromatic heterocycles. The monoisotopic (exact) mass is 372 g/mol. The molecule has 7 heteroatoms. The summed E-state index contributed by atoms with van der Waals surface area (Å²) in [5.74, 6) is 0.171. The zero-order valence-corrected chi connectivity index (χ0v) is 14.7. The van der Waals surface area contributed by atoms with Gasteiger partial charge in [0.15, 0.2) is 0 Å². The standard InChI is InChI=1S/C21H16N4O3/c26-21(15-9-6-10-16(13-15)25(27)28)24-19(14-7-2-1-3-8-14)20-22-17-11-4-5-12-18(17)23-20/h1-13,19H,(H,22,23)(H,24,26). The smallest absolute Gasteiger partial charge is 0.270 e. The molecule has 28 heavy (non-hydrogen) atoms. The Hall–Kier alpha value is -4.00. The summed E-state index contributed by atoms with van der Waals surface area (Å²) < 4.78 is 0. The van der Waals surface area contributed by atoms with Crippen LogP contribution in [0.4, 0.5) is 5.69 Å². The summed E-state index contributed by atoms with van der Waals surface area (Å²) in [5.41, 5.74) is 2.59. The van der Waals surface area contributed by atoms with Gasteiger partial charge in [0.2, 0.25) is 0 Å². The quantitative estimate of drug-likeness (QED) is 0.408. The summed E-state index contributed by atoms with van der Waals surface area (Å²) in [5, 5.41) is 13.9. The molecule has 0 spiro atoms. The fourth-order valence-corrected chi connectivity index (χ4v) is 3.04. The zero-order chi connectivity index (χ0) is 19.5. The Morgan fingerprint density at radius 3 is 2.50 bits per heavy atom. The van der Waals surface area contributed by atoms with Gasteiger partial charge < -0.3 is 10.3 Å². The van der Waals surface area contributed by atoms with Gasteiger partial charge in [0, 0.05) is 17.7 Å². The zero-order valence-electron chi connectivity index (χ0n) is 14.7. The number of nitrogens with one attached hydrogen (secondary N) is 2. The number of hydrogen-bond acceptors (Lipinski definition) is 4. The summed E-state index contributed by atoms with van der Waals surface area (Å²) in [6.07, 6.45) is 0. The molecule has 7 nitrogen and oxygen atoms in total. The van der Waals surface area contributed by atoms with Crippen molar-refractivity contribution in [1.29, 1.82) is 0 Å². The van der Waals surface area contributed by atoms with Crippen molar-refractivity contribution >= 4 is 22.6 Å². The summed E-state index contributed by atoms with van der Waals surface area (Å²) in [6, 6.07) is 22.2. The molecular formula is C21H16N4O3.